The Hall–Kier alpha value is -6.35. The Morgan fingerprint density at radius 2 is 0.409 bits per heavy atom. The van der Waals surface area contributed by atoms with E-state index in [0.29, 0.717) is 13.2 Å². The number of unbranched alkanes of at least 4 members (excludes halogenated alkanes) is 3. The van der Waals surface area contributed by atoms with Gasteiger partial charge in [-0.15, -0.1) is 0 Å². The van der Waals surface area contributed by atoms with Gasteiger partial charge in [0.1, 0.15) is 22.4 Å². The molecule has 0 aromatic heterocycles. The molecule has 2 aliphatic rings. The predicted octanol–water partition coefficient (Wildman–Crippen LogP) is 12.4. The van der Waals surface area contributed by atoms with Crippen LogP contribution in [-0.4, -0.2) is 27.9 Å². The lowest BCUT2D eigenvalue weighted by Gasteiger charge is -2.45. The molecule has 8 aromatic rings. The predicted molar refractivity (Wildman–Crippen MR) is 261 cm³/mol. The zero-order chi connectivity index (χ0) is 44.5. The van der Waals surface area contributed by atoms with Crippen molar-refractivity contribution in [1.29, 1.82) is 0 Å². The van der Waals surface area contributed by atoms with Gasteiger partial charge in [0, 0.05) is 13.2 Å². The van der Waals surface area contributed by atoms with Crippen LogP contribution in [0.2, 0.25) is 0 Å². The van der Waals surface area contributed by atoms with Gasteiger partial charge in [-0.05, 0) is 57.3 Å². The van der Waals surface area contributed by atoms with E-state index in [2.05, 4.69) is 194 Å². The quantitative estimate of drug-likeness (QED) is 0.0671. The lowest BCUT2D eigenvalue weighted by atomic mass is 9.66. The molecule has 0 aliphatic carbocycles. The first-order valence-electron chi connectivity index (χ1n) is 23.1. The fourth-order valence-electron chi connectivity index (χ4n) is 10.2. The van der Waals surface area contributed by atoms with Crippen LogP contribution in [0.5, 0.6) is 0 Å². The average molecular weight is 867 g/mol. The Morgan fingerprint density at radius 1 is 0.242 bits per heavy atom. The fraction of sp³-hybridized carbons (Fsp3) is 0.172. The summed E-state index contributed by atoms with van der Waals surface area (Å²) in [7, 11) is -1.90. The van der Waals surface area contributed by atoms with Crippen LogP contribution in [0, 0.1) is 0 Å². The number of rotatable bonds is 17. The SMILES string of the molecule is c1ccc(C2(c3ccccc3)OB(OCCCCCCOB3OC(c4ccccc4)(c4ccccc4)C(c4ccccc4)(c4ccccc4)O3)OC2(c2ccccc2)c2ccccc2)cc1. The van der Waals surface area contributed by atoms with E-state index in [4.69, 9.17) is 27.9 Å². The van der Waals surface area contributed by atoms with Gasteiger partial charge in [-0.1, -0.05) is 255 Å². The van der Waals surface area contributed by atoms with Gasteiger partial charge < -0.3 is 27.9 Å². The van der Waals surface area contributed by atoms with E-state index < -0.39 is 37.0 Å². The second-order valence-corrected chi connectivity index (χ2v) is 16.9. The topological polar surface area (TPSA) is 55.4 Å². The van der Waals surface area contributed by atoms with Crippen LogP contribution in [-0.2, 0) is 50.3 Å². The van der Waals surface area contributed by atoms with Crippen LogP contribution >= 0.6 is 0 Å². The van der Waals surface area contributed by atoms with Crippen molar-refractivity contribution >= 4 is 14.6 Å². The maximum Gasteiger partial charge on any atom is 0.641 e. The first kappa shape index (κ1) is 43.5. The molecule has 0 spiro atoms. The average Bonchev–Trinajstić information content (AvgIpc) is 3.96. The molecule has 0 amide bonds. The summed E-state index contributed by atoms with van der Waals surface area (Å²) in [4.78, 5) is 0. The fourth-order valence-corrected chi connectivity index (χ4v) is 10.2. The Bertz CT molecular complexity index is 2190. The van der Waals surface area contributed by atoms with E-state index >= 15 is 0 Å². The van der Waals surface area contributed by atoms with Crippen molar-refractivity contribution in [2.75, 3.05) is 13.2 Å². The molecule has 2 heterocycles. The van der Waals surface area contributed by atoms with E-state index in [1.165, 1.54) is 0 Å². The molecule has 8 aromatic carbocycles. The zero-order valence-corrected chi connectivity index (χ0v) is 36.9. The minimum Gasteiger partial charge on any atom is -0.386 e. The van der Waals surface area contributed by atoms with Crippen LogP contribution in [0.4, 0.5) is 0 Å². The van der Waals surface area contributed by atoms with Crippen molar-refractivity contribution in [3.05, 3.63) is 287 Å². The van der Waals surface area contributed by atoms with Gasteiger partial charge in [0.2, 0.25) is 0 Å². The van der Waals surface area contributed by atoms with Crippen LogP contribution in [0.1, 0.15) is 70.2 Å². The molecule has 6 nitrogen and oxygen atoms in total. The van der Waals surface area contributed by atoms with Gasteiger partial charge >= 0.3 is 14.6 Å². The number of benzene rings is 8. The summed E-state index contributed by atoms with van der Waals surface area (Å²) < 4.78 is 42.0. The molecular formula is C58H52B2O6. The summed E-state index contributed by atoms with van der Waals surface area (Å²) in [5.74, 6) is 0. The van der Waals surface area contributed by atoms with Gasteiger partial charge in [0.15, 0.2) is 0 Å². The molecule has 326 valence electrons. The van der Waals surface area contributed by atoms with E-state index in [-0.39, 0.29) is 0 Å². The normalized spacial score (nSPS) is 16.8. The van der Waals surface area contributed by atoms with Crippen molar-refractivity contribution in [3.8, 4) is 0 Å². The third-order valence-electron chi connectivity index (χ3n) is 13.1. The Balaban J connectivity index is 0.855. The van der Waals surface area contributed by atoms with Crippen molar-refractivity contribution in [1.82, 2.24) is 0 Å². The highest BCUT2D eigenvalue weighted by Crippen LogP contribution is 2.60. The highest BCUT2D eigenvalue weighted by molar-refractivity contribution is 6.38. The molecule has 0 saturated carbocycles. The smallest absolute Gasteiger partial charge is 0.386 e. The van der Waals surface area contributed by atoms with Crippen LogP contribution in [0.15, 0.2) is 243 Å². The molecule has 0 N–H and O–H groups in total. The molecular weight excluding hydrogens is 814 g/mol. The summed E-state index contributed by atoms with van der Waals surface area (Å²) in [6, 6.07) is 83.0. The van der Waals surface area contributed by atoms with Gasteiger partial charge in [-0.2, -0.15) is 0 Å². The molecule has 0 unspecified atom stereocenters. The molecule has 2 saturated heterocycles. The van der Waals surface area contributed by atoms with Crippen molar-refractivity contribution in [2.45, 2.75) is 48.1 Å². The van der Waals surface area contributed by atoms with Gasteiger partial charge in [0.25, 0.3) is 0 Å². The lowest BCUT2D eigenvalue weighted by molar-refractivity contribution is 0.00370. The first-order valence-corrected chi connectivity index (χ1v) is 23.1. The van der Waals surface area contributed by atoms with E-state index in [1.807, 2.05) is 48.5 Å². The standard InChI is InChI=1S/C58H52B2O6/c1(27-45-61-59-63-55(47-29-11-3-12-30-47,48-31-13-4-14-32-48)56(64-59,49-33-15-5-16-34-49)50-35-17-6-18-36-50)2-28-46-62-60-65-57(51-37-19-7-20-38-51,52-39-21-8-22-40-52)58(66-60,53-41-23-9-24-42-53)54-43-25-10-26-44-54/h3-26,29-44H,1-2,27-28,45-46H2. The zero-order valence-electron chi connectivity index (χ0n) is 36.9. The van der Waals surface area contributed by atoms with Crippen LogP contribution in [0.25, 0.3) is 0 Å². The van der Waals surface area contributed by atoms with E-state index in [9.17, 15) is 0 Å². The molecule has 0 radical (unpaired) electrons. The third-order valence-corrected chi connectivity index (χ3v) is 13.1. The molecule has 10 rings (SSSR count). The molecule has 0 bridgehead atoms. The maximum atomic E-state index is 7.22. The minimum atomic E-state index is -1.08. The minimum absolute atomic E-state index is 0.451. The molecule has 2 fully saturated rings. The maximum absolute atomic E-state index is 7.22. The summed E-state index contributed by atoms with van der Waals surface area (Å²) in [6.07, 6.45) is 3.46. The summed E-state index contributed by atoms with van der Waals surface area (Å²) >= 11 is 0. The monoisotopic (exact) mass is 866 g/mol. The van der Waals surface area contributed by atoms with Gasteiger partial charge in [-0.3, -0.25) is 0 Å². The van der Waals surface area contributed by atoms with Crippen LogP contribution < -0.4 is 0 Å². The Kier molecular flexibility index (Phi) is 12.9. The molecule has 8 heteroatoms. The number of hydrogen-bond donors (Lipinski definition) is 0. The summed E-state index contributed by atoms with van der Waals surface area (Å²) in [6.45, 7) is 0.903. The van der Waals surface area contributed by atoms with E-state index in [1.54, 1.807) is 0 Å². The van der Waals surface area contributed by atoms with Gasteiger partial charge in [-0.25, -0.2) is 0 Å². The van der Waals surface area contributed by atoms with Crippen LogP contribution in [0.3, 0.4) is 0 Å². The highest BCUT2D eigenvalue weighted by atomic mass is 16.8. The molecule has 66 heavy (non-hydrogen) atoms. The number of hydrogen-bond acceptors (Lipinski definition) is 6. The Morgan fingerprint density at radius 3 is 0.576 bits per heavy atom. The van der Waals surface area contributed by atoms with Gasteiger partial charge in [0.05, 0.1) is 0 Å². The summed E-state index contributed by atoms with van der Waals surface area (Å²) in [5, 5.41) is 0. The second kappa shape index (κ2) is 19.6. The lowest BCUT2D eigenvalue weighted by Crippen LogP contribution is -2.48. The van der Waals surface area contributed by atoms with Crippen molar-refractivity contribution < 1.29 is 27.9 Å². The van der Waals surface area contributed by atoms with E-state index in [0.717, 1.165) is 70.2 Å². The first-order chi connectivity index (χ1) is 32.7. The summed E-state index contributed by atoms with van der Waals surface area (Å²) in [5.41, 5.74) is 3.45. The Labute approximate surface area is 389 Å². The highest BCUT2D eigenvalue weighted by Gasteiger charge is 2.68. The van der Waals surface area contributed by atoms with Crippen molar-refractivity contribution in [2.24, 2.45) is 0 Å². The molecule has 2 aliphatic heterocycles. The third kappa shape index (κ3) is 7.74. The molecule has 0 atom stereocenters. The van der Waals surface area contributed by atoms with Crippen molar-refractivity contribution in [3.63, 3.8) is 0 Å². The largest absolute Gasteiger partial charge is 0.641 e. The second-order valence-electron chi connectivity index (χ2n) is 16.9.